The highest BCUT2D eigenvalue weighted by Gasteiger charge is 2.00. The van der Waals surface area contributed by atoms with Gasteiger partial charge in [0, 0.05) is 5.69 Å². The second-order valence-corrected chi connectivity index (χ2v) is 3.95. The van der Waals surface area contributed by atoms with Gasteiger partial charge in [0.25, 0.3) is 0 Å². The second-order valence-electron chi connectivity index (χ2n) is 3.95. The topological polar surface area (TPSA) is 29.1 Å². The van der Waals surface area contributed by atoms with Crippen molar-refractivity contribution in [1.29, 1.82) is 0 Å². The molecule has 0 heterocycles. The summed E-state index contributed by atoms with van der Waals surface area (Å²) in [5.74, 6) is 0. The molecule has 3 aromatic carbocycles. The van der Waals surface area contributed by atoms with Crippen LogP contribution in [0, 0.1) is 0 Å². The largest absolute Gasteiger partial charge is 0.318 e. The number of anilines is 1. The van der Waals surface area contributed by atoms with Crippen LogP contribution in [0.5, 0.6) is 0 Å². The molecule has 0 saturated heterocycles. The Bertz CT molecular complexity index is 703. The predicted octanol–water partition coefficient (Wildman–Crippen LogP) is 3.47. The molecule has 1 N–H and O–H groups in total. The molecule has 17 heavy (non-hydrogen) atoms. The summed E-state index contributed by atoms with van der Waals surface area (Å²) in [5.41, 5.74) is 0.766. The van der Waals surface area contributed by atoms with Crippen LogP contribution in [0.2, 0.25) is 0 Å². The molecule has 0 aliphatic carbocycles. The molecule has 1 amide bonds. The van der Waals surface area contributed by atoms with E-state index >= 15 is 0 Å². The van der Waals surface area contributed by atoms with E-state index in [1.165, 1.54) is 16.2 Å². The number of hydrogen-bond acceptors (Lipinski definition) is 1. The number of rotatable bonds is 2. The Hall–Kier alpha value is -2.35. The van der Waals surface area contributed by atoms with E-state index in [0.717, 1.165) is 11.1 Å². The Morgan fingerprint density at radius 3 is 2.47 bits per heavy atom. The highest BCUT2D eigenvalue weighted by Crippen LogP contribution is 2.27. The van der Waals surface area contributed by atoms with Gasteiger partial charge in [-0.2, -0.15) is 0 Å². The average Bonchev–Trinajstić information content (AvgIpc) is 2.39. The van der Waals surface area contributed by atoms with Crippen LogP contribution < -0.4 is 5.32 Å². The van der Waals surface area contributed by atoms with Crippen LogP contribution in [0.25, 0.3) is 21.5 Å². The molecule has 3 aromatic rings. The van der Waals surface area contributed by atoms with Crippen molar-refractivity contribution >= 4 is 33.6 Å². The van der Waals surface area contributed by atoms with Crippen molar-refractivity contribution in [1.82, 2.24) is 0 Å². The molecule has 0 spiro atoms. The predicted molar refractivity (Wildman–Crippen MR) is 70.8 cm³/mol. The highest BCUT2D eigenvalue weighted by molar-refractivity contribution is 6.08. The summed E-state index contributed by atoms with van der Waals surface area (Å²) in [5, 5.41) is 7.30. The van der Waals surface area contributed by atoms with E-state index in [2.05, 4.69) is 29.6 Å². The Kier molecular flexibility index (Phi) is 2.26. The fourth-order valence-electron chi connectivity index (χ4n) is 2.15. The summed E-state index contributed by atoms with van der Waals surface area (Å²) < 4.78 is 0. The number of fused-ring (bicyclic) bond motifs is 3. The van der Waals surface area contributed by atoms with Crippen LogP contribution in [0.4, 0.5) is 5.69 Å². The Balaban J connectivity index is 2.33. The van der Waals surface area contributed by atoms with Crippen molar-refractivity contribution in [3.63, 3.8) is 0 Å². The summed E-state index contributed by atoms with van der Waals surface area (Å²) in [7, 11) is 0. The number of carbonyl (C=O) groups excluding carboxylic acids is 1. The van der Waals surface area contributed by atoms with E-state index in [-0.39, 0.29) is 0 Å². The molecule has 0 unspecified atom stereocenters. The van der Waals surface area contributed by atoms with Crippen LogP contribution in [0.3, 0.4) is 0 Å². The molecule has 0 atom stereocenters. The molecule has 0 fully saturated rings. The summed E-state index contributed by atoms with van der Waals surface area (Å²) in [4.78, 5) is 10.3. The highest BCUT2D eigenvalue weighted by atomic mass is 16.1. The van der Waals surface area contributed by atoms with Gasteiger partial charge in [-0.25, -0.2) is 0 Å². The number of benzene rings is 3. The van der Waals surface area contributed by atoms with Crippen LogP contribution in [-0.2, 0) is 4.79 Å². The van der Waals surface area contributed by atoms with E-state index in [1.807, 2.05) is 30.3 Å². The van der Waals surface area contributed by atoms with Gasteiger partial charge in [0.1, 0.15) is 0 Å². The molecule has 3 rings (SSSR count). The average molecular weight is 220 g/mol. The van der Waals surface area contributed by atoms with Gasteiger partial charge in [0.2, 0.25) is 0 Å². The first-order valence-electron chi connectivity index (χ1n) is 5.43. The third-order valence-corrected chi connectivity index (χ3v) is 2.94. The Labute approximate surface area is 98.9 Å². The van der Waals surface area contributed by atoms with Crippen LogP contribution >= 0.6 is 0 Å². The first-order chi connectivity index (χ1) is 8.38. The van der Waals surface area contributed by atoms with Gasteiger partial charge in [0.15, 0.2) is 0 Å². The first-order valence-corrected chi connectivity index (χ1v) is 5.43. The van der Waals surface area contributed by atoms with Crippen molar-refractivity contribution < 1.29 is 4.79 Å². The molecule has 1 radical (unpaired) electrons. The van der Waals surface area contributed by atoms with E-state index < -0.39 is 0 Å². The number of nitrogens with one attached hydrogen (secondary N) is 1. The maximum absolute atomic E-state index is 10.3. The zero-order valence-corrected chi connectivity index (χ0v) is 9.10. The van der Waals surface area contributed by atoms with Gasteiger partial charge >= 0.3 is 6.41 Å². The molecule has 0 bridgehead atoms. The monoisotopic (exact) mass is 220 g/mol. The van der Waals surface area contributed by atoms with Gasteiger partial charge in [-0.1, -0.05) is 42.5 Å². The lowest BCUT2D eigenvalue weighted by Crippen LogP contribution is -1.92. The number of hydrogen-bond donors (Lipinski definition) is 1. The molecule has 2 nitrogen and oxygen atoms in total. The minimum Gasteiger partial charge on any atom is -0.318 e. The van der Waals surface area contributed by atoms with Crippen molar-refractivity contribution in [3.05, 3.63) is 54.6 Å². The lowest BCUT2D eigenvalue weighted by atomic mass is 10.0. The lowest BCUT2D eigenvalue weighted by Gasteiger charge is -2.05. The maximum atomic E-state index is 10.3. The molecule has 0 aliphatic heterocycles. The smallest absolute Gasteiger partial charge is 0.314 e. The van der Waals surface area contributed by atoms with Gasteiger partial charge in [0.05, 0.1) is 0 Å². The standard InChI is InChI=1S/C15H10NO/c17-10-16-13-7-8-15-12(9-13)6-5-11-3-1-2-4-14(11)15/h1-9H,(H,16,17). The fourth-order valence-corrected chi connectivity index (χ4v) is 2.15. The minimum absolute atomic E-state index is 0.766. The Morgan fingerprint density at radius 1 is 0.824 bits per heavy atom. The van der Waals surface area contributed by atoms with Crippen LogP contribution in [0.1, 0.15) is 0 Å². The molecule has 0 saturated carbocycles. The molecular weight excluding hydrogens is 210 g/mol. The molecule has 0 aromatic heterocycles. The molecule has 0 aliphatic rings. The van der Waals surface area contributed by atoms with E-state index in [9.17, 15) is 4.79 Å². The summed E-state index contributed by atoms with van der Waals surface area (Å²) in [6.07, 6.45) is 1.69. The summed E-state index contributed by atoms with van der Waals surface area (Å²) in [6, 6.07) is 18.3. The van der Waals surface area contributed by atoms with Gasteiger partial charge in [-0.15, -0.1) is 0 Å². The zero-order chi connectivity index (χ0) is 11.7. The van der Waals surface area contributed by atoms with Crippen molar-refractivity contribution in [2.75, 3.05) is 5.32 Å². The number of amides is 1. The molecular formula is C15H10NO. The summed E-state index contributed by atoms with van der Waals surface area (Å²) >= 11 is 0. The summed E-state index contributed by atoms with van der Waals surface area (Å²) in [6.45, 7) is 0. The van der Waals surface area contributed by atoms with E-state index in [4.69, 9.17) is 0 Å². The molecule has 2 heteroatoms. The van der Waals surface area contributed by atoms with Crippen molar-refractivity contribution in [3.8, 4) is 0 Å². The van der Waals surface area contributed by atoms with E-state index in [1.54, 1.807) is 6.41 Å². The van der Waals surface area contributed by atoms with Gasteiger partial charge < -0.3 is 5.32 Å². The van der Waals surface area contributed by atoms with Crippen molar-refractivity contribution in [2.45, 2.75) is 0 Å². The minimum atomic E-state index is 0.766. The quantitative estimate of drug-likeness (QED) is 0.520. The molecule has 81 valence electrons. The third kappa shape index (κ3) is 1.64. The lowest BCUT2D eigenvalue weighted by molar-refractivity contribution is 0.561. The normalized spacial score (nSPS) is 10.6. The van der Waals surface area contributed by atoms with Crippen LogP contribution in [-0.4, -0.2) is 6.41 Å². The van der Waals surface area contributed by atoms with Gasteiger partial charge in [-0.05, 0) is 33.7 Å². The third-order valence-electron chi connectivity index (χ3n) is 2.94. The van der Waals surface area contributed by atoms with Crippen molar-refractivity contribution in [2.24, 2.45) is 0 Å². The van der Waals surface area contributed by atoms with Gasteiger partial charge in [-0.3, -0.25) is 4.79 Å². The Morgan fingerprint density at radius 2 is 1.59 bits per heavy atom. The van der Waals surface area contributed by atoms with Crippen LogP contribution in [0.15, 0.2) is 54.6 Å². The maximum Gasteiger partial charge on any atom is 0.314 e. The second kappa shape index (κ2) is 3.91. The SMILES string of the molecule is O=[C]Nc1ccc2c(ccc3ccccc32)c1. The zero-order valence-electron chi connectivity index (χ0n) is 9.10. The first kappa shape index (κ1) is 9.85. The fraction of sp³-hybridized carbons (Fsp3) is 0. The van der Waals surface area contributed by atoms with E-state index in [0.29, 0.717) is 0 Å².